The molecule has 0 fully saturated rings. The molecule has 0 saturated heterocycles. The molecule has 1 atom stereocenters. The van der Waals surface area contributed by atoms with Crippen molar-refractivity contribution in [2.24, 2.45) is 5.10 Å². The van der Waals surface area contributed by atoms with E-state index in [0.29, 0.717) is 12.0 Å². The molecule has 0 saturated carbocycles. The fourth-order valence-electron chi connectivity index (χ4n) is 3.05. The molecule has 26 heavy (non-hydrogen) atoms. The fraction of sp³-hybridized carbons (Fsp3) is 0.143. The molecule has 3 aromatic rings. The van der Waals surface area contributed by atoms with E-state index in [1.54, 1.807) is 11.3 Å². The van der Waals surface area contributed by atoms with Crippen LogP contribution in [0.4, 0.5) is 0 Å². The quantitative estimate of drug-likeness (QED) is 0.586. The van der Waals surface area contributed by atoms with Crippen molar-refractivity contribution in [3.05, 3.63) is 93.9 Å². The van der Waals surface area contributed by atoms with Crippen molar-refractivity contribution in [3.8, 4) is 0 Å². The Balaban J connectivity index is 1.70. The van der Waals surface area contributed by atoms with Crippen LogP contribution >= 0.6 is 15.9 Å². The van der Waals surface area contributed by atoms with Gasteiger partial charge in [-0.05, 0) is 48.9 Å². The van der Waals surface area contributed by atoms with Gasteiger partial charge in [0, 0.05) is 16.5 Å². The number of benzene rings is 2. The Morgan fingerprint density at radius 2 is 1.85 bits per heavy atom. The van der Waals surface area contributed by atoms with Crippen molar-refractivity contribution in [3.63, 3.8) is 0 Å². The predicted octanol–water partition coefficient (Wildman–Crippen LogP) is 5.34. The number of amides is 1. The summed E-state index contributed by atoms with van der Waals surface area (Å²) in [5.41, 5.74) is 3.61. The van der Waals surface area contributed by atoms with Crippen LogP contribution < -0.4 is 0 Å². The van der Waals surface area contributed by atoms with Crippen LogP contribution in [0.1, 0.15) is 39.7 Å². The lowest BCUT2D eigenvalue weighted by Crippen LogP contribution is -2.26. The maximum absolute atomic E-state index is 13.1. The van der Waals surface area contributed by atoms with Gasteiger partial charge in [0.15, 0.2) is 0 Å². The van der Waals surface area contributed by atoms with Gasteiger partial charge < -0.3 is 4.42 Å². The Hall–Kier alpha value is -2.66. The summed E-state index contributed by atoms with van der Waals surface area (Å²) in [5.74, 6) is 0.611. The SMILES string of the molecule is Cc1ccc(C(=O)N2N=C(c3ccc(Br)cc3)C[C@H]2c2ccco2)cc1. The van der Waals surface area contributed by atoms with Crippen LogP contribution in [0.15, 0.2) is 80.9 Å². The zero-order valence-electron chi connectivity index (χ0n) is 14.2. The minimum atomic E-state index is -0.238. The summed E-state index contributed by atoms with van der Waals surface area (Å²) in [6, 6.07) is 19.0. The van der Waals surface area contributed by atoms with Crippen molar-refractivity contribution < 1.29 is 9.21 Å². The van der Waals surface area contributed by atoms with E-state index in [1.165, 1.54) is 0 Å². The first kappa shape index (κ1) is 16.8. The van der Waals surface area contributed by atoms with E-state index in [4.69, 9.17) is 4.42 Å². The molecule has 0 bridgehead atoms. The Labute approximate surface area is 160 Å². The van der Waals surface area contributed by atoms with Gasteiger partial charge in [0.1, 0.15) is 11.8 Å². The molecule has 1 aliphatic heterocycles. The molecule has 0 unspecified atom stereocenters. The molecule has 4 rings (SSSR count). The van der Waals surface area contributed by atoms with Gasteiger partial charge in [-0.3, -0.25) is 4.79 Å². The number of hydrazone groups is 1. The van der Waals surface area contributed by atoms with Crippen molar-refractivity contribution in [2.45, 2.75) is 19.4 Å². The van der Waals surface area contributed by atoms with Gasteiger partial charge in [-0.25, -0.2) is 5.01 Å². The molecule has 0 N–H and O–H groups in total. The van der Waals surface area contributed by atoms with E-state index in [1.807, 2.05) is 67.6 Å². The summed E-state index contributed by atoms with van der Waals surface area (Å²) in [6.45, 7) is 2.00. The average Bonchev–Trinajstić information content (AvgIpc) is 3.32. The minimum Gasteiger partial charge on any atom is -0.467 e. The van der Waals surface area contributed by atoms with Crippen LogP contribution in [0.25, 0.3) is 0 Å². The highest BCUT2D eigenvalue weighted by Crippen LogP contribution is 2.34. The minimum absolute atomic E-state index is 0.126. The lowest BCUT2D eigenvalue weighted by atomic mass is 10.0. The summed E-state index contributed by atoms with van der Waals surface area (Å²) in [7, 11) is 0. The number of halogens is 1. The van der Waals surface area contributed by atoms with Crippen LogP contribution in [0.5, 0.6) is 0 Å². The molecule has 1 aliphatic rings. The van der Waals surface area contributed by atoms with E-state index in [0.717, 1.165) is 27.1 Å². The third-order valence-corrected chi connectivity index (χ3v) is 4.99. The molecule has 0 spiro atoms. The number of carbonyl (C=O) groups excluding carboxylic acids is 1. The van der Waals surface area contributed by atoms with E-state index in [2.05, 4.69) is 21.0 Å². The van der Waals surface area contributed by atoms with Crippen LogP contribution in [0.2, 0.25) is 0 Å². The Morgan fingerprint density at radius 1 is 1.12 bits per heavy atom. The van der Waals surface area contributed by atoms with Gasteiger partial charge in [0.25, 0.3) is 5.91 Å². The molecule has 130 valence electrons. The van der Waals surface area contributed by atoms with Crippen molar-refractivity contribution in [2.75, 3.05) is 0 Å². The van der Waals surface area contributed by atoms with Gasteiger partial charge in [-0.15, -0.1) is 0 Å². The number of aryl methyl sites for hydroxylation is 1. The summed E-state index contributed by atoms with van der Waals surface area (Å²) >= 11 is 3.45. The Morgan fingerprint density at radius 3 is 2.50 bits per heavy atom. The van der Waals surface area contributed by atoms with Gasteiger partial charge in [-0.1, -0.05) is 45.8 Å². The Kier molecular flexibility index (Phi) is 4.47. The number of furan rings is 1. The topological polar surface area (TPSA) is 45.8 Å². The normalized spacial score (nSPS) is 16.6. The first-order valence-corrected chi connectivity index (χ1v) is 9.18. The molecular weight excluding hydrogens is 392 g/mol. The van der Waals surface area contributed by atoms with E-state index in [-0.39, 0.29) is 11.9 Å². The smallest absolute Gasteiger partial charge is 0.274 e. The monoisotopic (exact) mass is 408 g/mol. The number of hydrogen-bond acceptors (Lipinski definition) is 3. The van der Waals surface area contributed by atoms with Crippen LogP contribution in [-0.2, 0) is 0 Å². The second kappa shape index (κ2) is 6.92. The zero-order valence-corrected chi connectivity index (χ0v) is 15.8. The standard InChI is InChI=1S/C21H17BrN2O2/c1-14-4-6-16(7-5-14)21(25)24-19(20-3-2-12-26-20)13-18(23-24)15-8-10-17(22)11-9-15/h2-12,19H,13H2,1H3/t19-/m0/s1. The number of nitrogens with zero attached hydrogens (tertiary/aromatic N) is 2. The van der Waals surface area contributed by atoms with E-state index >= 15 is 0 Å². The highest BCUT2D eigenvalue weighted by Gasteiger charge is 2.35. The van der Waals surface area contributed by atoms with Crippen LogP contribution in [0.3, 0.4) is 0 Å². The predicted molar refractivity (Wildman–Crippen MR) is 104 cm³/mol. The lowest BCUT2D eigenvalue weighted by molar-refractivity contribution is 0.0693. The maximum Gasteiger partial charge on any atom is 0.274 e. The molecule has 0 aliphatic carbocycles. The van der Waals surface area contributed by atoms with Gasteiger partial charge >= 0.3 is 0 Å². The van der Waals surface area contributed by atoms with Gasteiger partial charge in [0.2, 0.25) is 0 Å². The summed E-state index contributed by atoms with van der Waals surface area (Å²) in [6.07, 6.45) is 2.24. The second-order valence-electron chi connectivity index (χ2n) is 6.30. The molecule has 5 heteroatoms. The summed E-state index contributed by atoms with van der Waals surface area (Å²) in [4.78, 5) is 13.1. The maximum atomic E-state index is 13.1. The first-order chi connectivity index (χ1) is 12.6. The Bertz CT molecular complexity index is 945. The first-order valence-electron chi connectivity index (χ1n) is 8.39. The van der Waals surface area contributed by atoms with Gasteiger partial charge in [0.05, 0.1) is 12.0 Å². The zero-order chi connectivity index (χ0) is 18.1. The third-order valence-electron chi connectivity index (χ3n) is 4.47. The molecule has 1 aromatic heterocycles. The summed E-state index contributed by atoms with van der Waals surface area (Å²) in [5, 5.41) is 6.19. The molecular formula is C21H17BrN2O2. The molecule has 0 radical (unpaired) electrons. The average molecular weight is 409 g/mol. The molecule has 2 heterocycles. The third kappa shape index (κ3) is 3.22. The second-order valence-corrected chi connectivity index (χ2v) is 7.22. The van der Waals surface area contributed by atoms with Crippen LogP contribution in [-0.4, -0.2) is 16.6 Å². The van der Waals surface area contributed by atoms with Gasteiger partial charge in [-0.2, -0.15) is 5.10 Å². The number of rotatable bonds is 3. The number of carbonyl (C=O) groups is 1. The molecule has 1 amide bonds. The molecule has 4 nitrogen and oxygen atoms in total. The van der Waals surface area contributed by atoms with Crippen molar-refractivity contribution in [1.82, 2.24) is 5.01 Å². The lowest BCUT2D eigenvalue weighted by Gasteiger charge is -2.20. The highest BCUT2D eigenvalue weighted by atomic mass is 79.9. The number of hydrogen-bond donors (Lipinski definition) is 0. The fourth-order valence-corrected chi connectivity index (χ4v) is 3.31. The van der Waals surface area contributed by atoms with E-state index in [9.17, 15) is 4.79 Å². The molecule has 2 aromatic carbocycles. The van der Waals surface area contributed by atoms with Crippen LogP contribution in [0, 0.1) is 6.92 Å². The van der Waals surface area contributed by atoms with Crippen molar-refractivity contribution in [1.29, 1.82) is 0 Å². The highest BCUT2D eigenvalue weighted by molar-refractivity contribution is 9.10. The summed E-state index contributed by atoms with van der Waals surface area (Å²) < 4.78 is 6.59. The van der Waals surface area contributed by atoms with Crippen molar-refractivity contribution >= 4 is 27.5 Å². The largest absolute Gasteiger partial charge is 0.467 e. The van der Waals surface area contributed by atoms with E-state index < -0.39 is 0 Å².